The van der Waals surface area contributed by atoms with Crippen molar-refractivity contribution in [3.63, 3.8) is 0 Å². The number of hydrogen-bond acceptors (Lipinski definition) is 6. The van der Waals surface area contributed by atoms with Crippen LogP contribution in [-0.2, 0) is 11.3 Å². The van der Waals surface area contributed by atoms with Crippen molar-refractivity contribution in [2.24, 2.45) is 5.92 Å². The van der Waals surface area contributed by atoms with E-state index in [0.29, 0.717) is 6.10 Å². The van der Waals surface area contributed by atoms with Crippen molar-refractivity contribution in [1.29, 1.82) is 0 Å². The summed E-state index contributed by atoms with van der Waals surface area (Å²) >= 11 is 1.31. The first-order valence-corrected chi connectivity index (χ1v) is 12.4. The Morgan fingerprint density at radius 1 is 0.966 bits per heavy atom. The number of rotatable bonds is 7. The highest BCUT2D eigenvalue weighted by Crippen LogP contribution is 2.29. The SMILES string of the molecule is c1cc2nsnc2cc1CN(CC1CCN(C2CCCC2)CC1)CC1CCCO1. The van der Waals surface area contributed by atoms with Crippen LogP contribution in [0.5, 0.6) is 0 Å². The Morgan fingerprint density at radius 3 is 2.59 bits per heavy atom. The number of likely N-dealkylation sites (tertiary alicyclic amines) is 1. The molecule has 5 nitrogen and oxygen atoms in total. The van der Waals surface area contributed by atoms with E-state index in [-0.39, 0.29) is 0 Å². The van der Waals surface area contributed by atoms with E-state index in [2.05, 4.69) is 36.7 Å². The summed E-state index contributed by atoms with van der Waals surface area (Å²) < 4.78 is 14.8. The summed E-state index contributed by atoms with van der Waals surface area (Å²) in [5.74, 6) is 0.818. The van der Waals surface area contributed by atoms with Crippen LogP contribution in [-0.4, -0.2) is 63.5 Å². The first-order chi connectivity index (χ1) is 14.3. The van der Waals surface area contributed by atoms with Crippen LogP contribution in [0.1, 0.15) is 56.9 Å². The molecule has 3 fully saturated rings. The monoisotopic (exact) mass is 414 g/mol. The fourth-order valence-electron chi connectivity index (χ4n) is 5.60. The van der Waals surface area contributed by atoms with Gasteiger partial charge in [-0.3, -0.25) is 4.90 Å². The van der Waals surface area contributed by atoms with E-state index in [0.717, 1.165) is 42.7 Å². The normalized spacial score (nSPS) is 24.9. The lowest BCUT2D eigenvalue weighted by Crippen LogP contribution is -2.43. The van der Waals surface area contributed by atoms with Crippen LogP contribution in [0.2, 0.25) is 0 Å². The lowest BCUT2D eigenvalue weighted by molar-refractivity contribution is 0.0540. The second-order valence-corrected chi connectivity index (χ2v) is 9.86. The summed E-state index contributed by atoms with van der Waals surface area (Å²) in [6.07, 6.45) is 11.3. The fourth-order valence-corrected chi connectivity index (χ4v) is 6.12. The van der Waals surface area contributed by atoms with Crippen LogP contribution in [0, 0.1) is 5.92 Å². The molecule has 29 heavy (non-hydrogen) atoms. The highest BCUT2D eigenvalue weighted by Gasteiger charge is 2.29. The van der Waals surface area contributed by atoms with Crippen molar-refractivity contribution in [2.75, 3.05) is 32.8 Å². The quantitative estimate of drug-likeness (QED) is 0.675. The van der Waals surface area contributed by atoms with Gasteiger partial charge < -0.3 is 9.64 Å². The largest absolute Gasteiger partial charge is 0.377 e. The number of fused-ring (bicyclic) bond motifs is 1. The molecule has 1 aromatic carbocycles. The Kier molecular flexibility index (Phi) is 6.42. The molecule has 2 aromatic rings. The second-order valence-electron chi connectivity index (χ2n) is 9.33. The lowest BCUT2D eigenvalue weighted by Gasteiger charge is -2.38. The predicted molar refractivity (Wildman–Crippen MR) is 118 cm³/mol. The molecular formula is C23H34N4OS. The predicted octanol–water partition coefficient (Wildman–Crippen LogP) is 4.33. The van der Waals surface area contributed by atoms with Gasteiger partial charge in [0.15, 0.2) is 0 Å². The summed E-state index contributed by atoms with van der Waals surface area (Å²) in [5.41, 5.74) is 3.41. The van der Waals surface area contributed by atoms with E-state index >= 15 is 0 Å². The maximum absolute atomic E-state index is 5.98. The zero-order chi connectivity index (χ0) is 19.5. The summed E-state index contributed by atoms with van der Waals surface area (Å²) in [6.45, 7) is 6.81. The third kappa shape index (κ3) is 4.98. The first kappa shape index (κ1) is 19.9. The van der Waals surface area contributed by atoms with Crippen LogP contribution in [0.3, 0.4) is 0 Å². The summed E-state index contributed by atoms with van der Waals surface area (Å²) in [7, 11) is 0. The summed E-state index contributed by atoms with van der Waals surface area (Å²) in [4.78, 5) is 5.45. The minimum Gasteiger partial charge on any atom is -0.377 e. The number of piperidine rings is 1. The molecule has 158 valence electrons. The van der Waals surface area contributed by atoms with Gasteiger partial charge in [0.25, 0.3) is 0 Å². The van der Waals surface area contributed by atoms with Crippen LogP contribution < -0.4 is 0 Å². The van der Waals surface area contributed by atoms with Crippen molar-refractivity contribution < 1.29 is 4.74 Å². The van der Waals surface area contributed by atoms with Gasteiger partial charge in [0.2, 0.25) is 0 Å². The smallest absolute Gasteiger partial charge is 0.105 e. The van der Waals surface area contributed by atoms with Gasteiger partial charge in [-0.15, -0.1) is 0 Å². The van der Waals surface area contributed by atoms with E-state index in [9.17, 15) is 0 Å². The Morgan fingerprint density at radius 2 is 1.79 bits per heavy atom. The van der Waals surface area contributed by atoms with Gasteiger partial charge in [0.1, 0.15) is 11.0 Å². The topological polar surface area (TPSA) is 41.5 Å². The minimum absolute atomic E-state index is 0.415. The molecule has 6 heteroatoms. The molecule has 0 spiro atoms. The molecule has 1 aromatic heterocycles. The highest BCUT2D eigenvalue weighted by atomic mass is 32.1. The minimum atomic E-state index is 0.415. The third-order valence-corrected chi connectivity index (χ3v) is 7.77. The molecule has 0 N–H and O–H groups in total. The van der Waals surface area contributed by atoms with Crippen molar-refractivity contribution in [3.05, 3.63) is 23.8 Å². The van der Waals surface area contributed by atoms with Crippen molar-refractivity contribution in [3.8, 4) is 0 Å². The molecule has 1 aliphatic carbocycles. The van der Waals surface area contributed by atoms with Crippen molar-refractivity contribution in [2.45, 2.75) is 70.1 Å². The van der Waals surface area contributed by atoms with Crippen molar-refractivity contribution in [1.82, 2.24) is 18.5 Å². The molecule has 1 unspecified atom stereocenters. The van der Waals surface area contributed by atoms with Gasteiger partial charge in [0.05, 0.1) is 17.8 Å². The Balaban J connectivity index is 1.21. The molecule has 2 aliphatic heterocycles. The van der Waals surface area contributed by atoms with Crippen LogP contribution >= 0.6 is 11.7 Å². The van der Waals surface area contributed by atoms with Gasteiger partial charge in [-0.2, -0.15) is 8.75 Å². The Labute approximate surface area is 178 Å². The van der Waals surface area contributed by atoms with Crippen LogP contribution in [0.4, 0.5) is 0 Å². The number of hydrogen-bond donors (Lipinski definition) is 0. The van der Waals surface area contributed by atoms with E-state index in [1.54, 1.807) is 0 Å². The number of benzene rings is 1. The molecule has 5 rings (SSSR count). The Bertz CT molecular complexity index is 776. The zero-order valence-electron chi connectivity index (χ0n) is 17.5. The van der Waals surface area contributed by atoms with E-state index in [4.69, 9.17) is 4.74 Å². The van der Waals surface area contributed by atoms with Gasteiger partial charge in [0, 0.05) is 32.3 Å². The average molecular weight is 415 g/mol. The Hall–Kier alpha value is -1.08. The molecule has 2 saturated heterocycles. The van der Waals surface area contributed by atoms with E-state index in [1.165, 1.54) is 88.3 Å². The maximum Gasteiger partial charge on any atom is 0.105 e. The highest BCUT2D eigenvalue weighted by molar-refractivity contribution is 7.00. The molecule has 0 amide bonds. The van der Waals surface area contributed by atoms with Crippen LogP contribution in [0.15, 0.2) is 18.2 Å². The van der Waals surface area contributed by atoms with Crippen LogP contribution in [0.25, 0.3) is 11.0 Å². The maximum atomic E-state index is 5.98. The summed E-state index contributed by atoms with van der Waals surface area (Å²) in [5, 5.41) is 0. The average Bonchev–Trinajstić information content (AvgIpc) is 3.51. The molecule has 0 bridgehead atoms. The molecular weight excluding hydrogens is 380 g/mol. The van der Waals surface area contributed by atoms with Gasteiger partial charge >= 0.3 is 0 Å². The third-order valence-electron chi connectivity index (χ3n) is 7.22. The molecule has 3 heterocycles. The van der Waals surface area contributed by atoms with Gasteiger partial charge in [-0.1, -0.05) is 18.9 Å². The first-order valence-electron chi connectivity index (χ1n) is 11.6. The zero-order valence-corrected chi connectivity index (χ0v) is 18.3. The van der Waals surface area contributed by atoms with Crippen molar-refractivity contribution >= 4 is 22.8 Å². The second kappa shape index (κ2) is 9.38. The molecule has 3 aliphatic rings. The summed E-state index contributed by atoms with van der Waals surface area (Å²) in [6, 6.07) is 7.47. The van der Waals surface area contributed by atoms with E-state index in [1.807, 2.05) is 0 Å². The van der Waals surface area contributed by atoms with Gasteiger partial charge in [-0.25, -0.2) is 0 Å². The lowest BCUT2D eigenvalue weighted by atomic mass is 9.94. The number of aromatic nitrogens is 2. The molecule has 0 radical (unpaired) electrons. The number of ether oxygens (including phenoxy) is 1. The van der Waals surface area contributed by atoms with Gasteiger partial charge in [-0.05, 0) is 75.2 Å². The fraction of sp³-hybridized carbons (Fsp3) is 0.739. The number of nitrogens with zero attached hydrogens (tertiary/aromatic N) is 4. The standard InChI is InChI=1S/C23H34N4OS/c1-2-5-20(4-1)27-11-9-18(10-12-27)15-26(17-21-6-3-13-28-21)16-19-7-8-22-23(14-19)25-29-24-22/h7-8,14,18,20-21H,1-6,9-13,15-17H2. The molecule has 1 atom stereocenters. The van der Waals surface area contributed by atoms with E-state index < -0.39 is 0 Å². The molecule has 1 saturated carbocycles.